The third kappa shape index (κ3) is 1.67. The van der Waals surface area contributed by atoms with Crippen molar-refractivity contribution in [1.82, 2.24) is 0 Å². The molecule has 0 heterocycles. The molecule has 74 valence electrons. The van der Waals surface area contributed by atoms with Crippen LogP contribution >= 0.6 is 0 Å². The maximum Gasteiger partial charge on any atom is 0.133 e. The van der Waals surface area contributed by atoms with Crippen molar-refractivity contribution < 1.29 is 13.6 Å². The number of halogens is 2. The monoisotopic (exact) mass is 196 g/mol. The van der Waals surface area contributed by atoms with Gasteiger partial charge in [-0.3, -0.25) is 4.79 Å². The molecule has 14 heavy (non-hydrogen) atoms. The number of rotatable bonds is 1. The quantitative estimate of drug-likeness (QED) is 0.675. The molecule has 0 saturated heterocycles. The normalized spacial score (nSPS) is 21.6. The average Bonchev–Trinajstić information content (AvgIpc) is 2.51. The van der Waals surface area contributed by atoms with Gasteiger partial charge in [0, 0.05) is 18.9 Å². The highest BCUT2D eigenvalue weighted by Crippen LogP contribution is 2.33. The van der Waals surface area contributed by atoms with Crippen molar-refractivity contribution in [3.63, 3.8) is 0 Å². The molecular weight excluding hydrogens is 186 g/mol. The molecule has 1 fully saturated rings. The zero-order chi connectivity index (χ0) is 10.1. The Morgan fingerprint density at radius 1 is 1.29 bits per heavy atom. The van der Waals surface area contributed by atoms with Gasteiger partial charge in [0.15, 0.2) is 0 Å². The summed E-state index contributed by atoms with van der Waals surface area (Å²) in [5, 5.41) is 0. The first kappa shape index (κ1) is 9.31. The van der Waals surface area contributed by atoms with E-state index in [1.807, 2.05) is 0 Å². The molecule has 1 unspecified atom stereocenters. The molecule has 1 saturated carbocycles. The molecule has 0 amide bonds. The third-order valence-corrected chi connectivity index (χ3v) is 2.65. The van der Waals surface area contributed by atoms with Gasteiger partial charge in [0.2, 0.25) is 0 Å². The molecule has 2 rings (SSSR count). The van der Waals surface area contributed by atoms with Crippen LogP contribution in [0.5, 0.6) is 0 Å². The largest absolute Gasteiger partial charge is 0.300 e. The van der Waals surface area contributed by atoms with Crippen LogP contribution in [-0.2, 0) is 4.79 Å². The van der Waals surface area contributed by atoms with E-state index >= 15 is 0 Å². The minimum Gasteiger partial charge on any atom is -0.300 e. The molecule has 1 aromatic carbocycles. The summed E-state index contributed by atoms with van der Waals surface area (Å²) in [5.41, 5.74) is 0.470. The molecule has 0 aromatic heterocycles. The number of carbonyl (C=O) groups excluding carboxylic acids is 1. The Morgan fingerprint density at radius 3 is 2.64 bits per heavy atom. The van der Waals surface area contributed by atoms with Crippen LogP contribution < -0.4 is 0 Å². The predicted octanol–water partition coefficient (Wildman–Crippen LogP) is 2.80. The Kier molecular flexibility index (Phi) is 2.32. The highest BCUT2D eigenvalue weighted by Gasteiger charge is 2.25. The molecule has 0 bridgehead atoms. The third-order valence-electron chi connectivity index (χ3n) is 2.65. The molecule has 1 aromatic rings. The topological polar surface area (TPSA) is 17.1 Å². The Balaban J connectivity index is 2.28. The van der Waals surface area contributed by atoms with E-state index in [-0.39, 0.29) is 11.7 Å². The Hall–Kier alpha value is -1.25. The highest BCUT2D eigenvalue weighted by atomic mass is 19.1. The highest BCUT2D eigenvalue weighted by molar-refractivity contribution is 5.81. The molecule has 0 radical (unpaired) electrons. The zero-order valence-electron chi connectivity index (χ0n) is 7.59. The van der Waals surface area contributed by atoms with Gasteiger partial charge in [0.1, 0.15) is 17.4 Å². The molecular formula is C11H10F2O. The number of benzene rings is 1. The molecule has 1 atom stereocenters. The second kappa shape index (κ2) is 3.48. The van der Waals surface area contributed by atoms with Gasteiger partial charge in [-0.1, -0.05) is 6.07 Å². The van der Waals surface area contributed by atoms with E-state index in [1.165, 1.54) is 12.1 Å². The Bertz CT molecular complexity index is 374. The van der Waals surface area contributed by atoms with E-state index in [1.54, 1.807) is 0 Å². The van der Waals surface area contributed by atoms with Gasteiger partial charge in [-0.2, -0.15) is 0 Å². The van der Waals surface area contributed by atoms with E-state index in [0.29, 0.717) is 24.8 Å². The van der Waals surface area contributed by atoms with Gasteiger partial charge in [-0.15, -0.1) is 0 Å². The van der Waals surface area contributed by atoms with E-state index in [4.69, 9.17) is 0 Å². The van der Waals surface area contributed by atoms with Crippen molar-refractivity contribution in [2.45, 2.75) is 25.2 Å². The SMILES string of the molecule is O=C1CCC(c2ccc(F)cc2F)C1. The lowest BCUT2D eigenvalue weighted by Gasteiger charge is -2.09. The smallest absolute Gasteiger partial charge is 0.133 e. The predicted molar refractivity (Wildman–Crippen MR) is 48.0 cm³/mol. The van der Waals surface area contributed by atoms with Crippen molar-refractivity contribution in [3.05, 3.63) is 35.4 Å². The van der Waals surface area contributed by atoms with Crippen LogP contribution in [0.4, 0.5) is 8.78 Å². The lowest BCUT2D eigenvalue weighted by molar-refractivity contribution is -0.117. The summed E-state index contributed by atoms with van der Waals surface area (Å²) < 4.78 is 25.9. The van der Waals surface area contributed by atoms with E-state index in [9.17, 15) is 13.6 Å². The second-order valence-corrected chi connectivity index (χ2v) is 3.64. The van der Waals surface area contributed by atoms with Gasteiger partial charge >= 0.3 is 0 Å². The Labute approximate surface area is 80.7 Å². The fraction of sp³-hybridized carbons (Fsp3) is 0.364. The van der Waals surface area contributed by atoms with Crippen LogP contribution in [0.1, 0.15) is 30.7 Å². The van der Waals surface area contributed by atoms with Gasteiger partial charge in [0.05, 0.1) is 0 Å². The van der Waals surface area contributed by atoms with Gasteiger partial charge < -0.3 is 0 Å². The van der Waals surface area contributed by atoms with Crippen molar-refractivity contribution in [1.29, 1.82) is 0 Å². The summed E-state index contributed by atoms with van der Waals surface area (Å²) in [4.78, 5) is 11.0. The van der Waals surface area contributed by atoms with Crippen molar-refractivity contribution in [2.75, 3.05) is 0 Å². The number of Topliss-reactive ketones (excluding diaryl/α,β-unsaturated/α-hetero) is 1. The molecule has 0 N–H and O–H groups in total. The summed E-state index contributed by atoms with van der Waals surface area (Å²) in [6.07, 6.45) is 1.59. The first-order valence-electron chi connectivity index (χ1n) is 4.63. The van der Waals surface area contributed by atoms with Gasteiger partial charge in [-0.05, 0) is 24.0 Å². The summed E-state index contributed by atoms with van der Waals surface area (Å²) in [5.74, 6) is -0.998. The fourth-order valence-corrected chi connectivity index (χ4v) is 1.91. The number of ketones is 1. The van der Waals surface area contributed by atoms with Crippen molar-refractivity contribution in [3.8, 4) is 0 Å². The van der Waals surface area contributed by atoms with Crippen LogP contribution in [0, 0.1) is 11.6 Å². The fourth-order valence-electron chi connectivity index (χ4n) is 1.91. The molecule has 1 nitrogen and oxygen atoms in total. The Morgan fingerprint density at radius 2 is 2.07 bits per heavy atom. The first-order chi connectivity index (χ1) is 6.66. The van der Waals surface area contributed by atoms with Gasteiger partial charge in [0.25, 0.3) is 0 Å². The van der Waals surface area contributed by atoms with Crippen LogP contribution in [0.25, 0.3) is 0 Å². The minimum absolute atomic E-state index is 0.0527. The summed E-state index contributed by atoms with van der Waals surface area (Å²) in [6.45, 7) is 0. The van der Waals surface area contributed by atoms with Crippen LogP contribution in [0.2, 0.25) is 0 Å². The van der Waals surface area contributed by atoms with Gasteiger partial charge in [-0.25, -0.2) is 8.78 Å². The molecule has 0 aliphatic heterocycles. The molecule has 1 aliphatic carbocycles. The lowest BCUT2D eigenvalue weighted by Crippen LogP contribution is -1.98. The summed E-state index contributed by atoms with van der Waals surface area (Å²) in [7, 11) is 0. The lowest BCUT2D eigenvalue weighted by atomic mass is 9.97. The molecule has 1 aliphatic rings. The maximum atomic E-state index is 13.3. The van der Waals surface area contributed by atoms with Crippen molar-refractivity contribution >= 4 is 5.78 Å². The average molecular weight is 196 g/mol. The number of hydrogen-bond acceptors (Lipinski definition) is 1. The molecule has 0 spiro atoms. The number of carbonyl (C=O) groups is 1. The van der Waals surface area contributed by atoms with Crippen LogP contribution in [0.3, 0.4) is 0 Å². The van der Waals surface area contributed by atoms with Crippen LogP contribution in [-0.4, -0.2) is 5.78 Å². The maximum absolute atomic E-state index is 13.3. The van der Waals surface area contributed by atoms with E-state index in [2.05, 4.69) is 0 Å². The second-order valence-electron chi connectivity index (χ2n) is 3.64. The zero-order valence-corrected chi connectivity index (χ0v) is 7.59. The van der Waals surface area contributed by atoms with Crippen molar-refractivity contribution in [2.24, 2.45) is 0 Å². The summed E-state index contributed by atoms with van der Waals surface area (Å²) >= 11 is 0. The standard InChI is InChI=1S/C11H10F2O/c12-8-2-4-10(11(13)6-8)7-1-3-9(14)5-7/h2,4,6-7H,1,3,5H2. The summed E-state index contributed by atoms with van der Waals surface area (Å²) in [6, 6.07) is 3.55. The van der Waals surface area contributed by atoms with E-state index in [0.717, 1.165) is 6.07 Å². The van der Waals surface area contributed by atoms with Crippen LogP contribution in [0.15, 0.2) is 18.2 Å². The van der Waals surface area contributed by atoms with E-state index < -0.39 is 11.6 Å². The first-order valence-corrected chi connectivity index (χ1v) is 4.63. The minimum atomic E-state index is -0.574. The molecule has 3 heteroatoms. The number of hydrogen-bond donors (Lipinski definition) is 0.